The maximum absolute atomic E-state index is 13.2. The van der Waals surface area contributed by atoms with E-state index in [2.05, 4.69) is 10.3 Å². The smallest absolute Gasteiger partial charge is 0.266 e. The molecular weight excluding hydrogens is 410 g/mol. The van der Waals surface area contributed by atoms with Crippen molar-refractivity contribution in [2.24, 2.45) is 0 Å². The molecule has 2 aromatic carbocycles. The van der Waals surface area contributed by atoms with Crippen LogP contribution in [0.2, 0.25) is 5.02 Å². The van der Waals surface area contributed by atoms with Crippen LogP contribution in [0.1, 0.15) is 12.5 Å². The van der Waals surface area contributed by atoms with Crippen molar-refractivity contribution < 1.29 is 9.53 Å². The lowest BCUT2D eigenvalue weighted by Gasteiger charge is -2.15. The van der Waals surface area contributed by atoms with Crippen LogP contribution < -0.4 is 10.9 Å². The Balaban J connectivity index is 2.01. The minimum absolute atomic E-state index is 0.101. The number of thioether (sulfide) groups is 1. The van der Waals surface area contributed by atoms with Crippen LogP contribution in [0.15, 0.2) is 52.4 Å². The zero-order chi connectivity index (χ0) is 21.0. The Morgan fingerprint density at radius 3 is 2.83 bits per heavy atom. The first-order valence-electron chi connectivity index (χ1n) is 9.09. The summed E-state index contributed by atoms with van der Waals surface area (Å²) in [7, 11) is 1.59. The van der Waals surface area contributed by atoms with Gasteiger partial charge in [0.05, 0.1) is 29.0 Å². The molecule has 1 atom stereocenters. The third kappa shape index (κ3) is 5.18. The molecule has 3 aromatic rings. The number of methoxy groups -OCH3 is 1. The fourth-order valence-electron chi connectivity index (χ4n) is 2.97. The number of carbonyl (C=O) groups is 1. The molecule has 0 fully saturated rings. The molecule has 0 radical (unpaired) electrons. The number of nitrogens with zero attached hydrogens (tertiary/aromatic N) is 2. The summed E-state index contributed by atoms with van der Waals surface area (Å²) in [5.41, 5.74) is 2.03. The van der Waals surface area contributed by atoms with Crippen molar-refractivity contribution in [1.82, 2.24) is 14.9 Å². The molecule has 1 heterocycles. The minimum Gasteiger partial charge on any atom is -0.383 e. The van der Waals surface area contributed by atoms with Crippen molar-refractivity contribution in [3.8, 4) is 5.69 Å². The highest BCUT2D eigenvalue weighted by molar-refractivity contribution is 7.99. The Labute approximate surface area is 178 Å². The molecule has 152 valence electrons. The quantitative estimate of drug-likeness (QED) is 0.457. The summed E-state index contributed by atoms with van der Waals surface area (Å²) in [4.78, 5) is 30.1. The number of nitrogens with one attached hydrogen (secondary N) is 1. The number of halogens is 1. The van der Waals surface area contributed by atoms with E-state index < -0.39 is 0 Å². The second-order valence-corrected chi connectivity index (χ2v) is 8.13. The number of benzene rings is 2. The molecule has 0 saturated carbocycles. The molecule has 0 spiro atoms. The van der Waals surface area contributed by atoms with E-state index in [1.807, 2.05) is 38.1 Å². The first kappa shape index (κ1) is 21.4. The lowest BCUT2D eigenvalue weighted by molar-refractivity contribution is -0.119. The predicted molar refractivity (Wildman–Crippen MR) is 117 cm³/mol. The highest BCUT2D eigenvalue weighted by Gasteiger charge is 2.16. The fourth-order valence-corrected chi connectivity index (χ4v) is 3.96. The Kier molecular flexibility index (Phi) is 6.95. The summed E-state index contributed by atoms with van der Waals surface area (Å²) in [5.74, 6) is -0.0333. The highest BCUT2D eigenvalue weighted by atomic mass is 35.5. The second-order valence-electron chi connectivity index (χ2n) is 6.75. The number of ether oxygens (including phenoxy) is 1. The first-order valence-corrected chi connectivity index (χ1v) is 10.5. The third-order valence-corrected chi connectivity index (χ3v) is 5.39. The van der Waals surface area contributed by atoms with E-state index in [0.29, 0.717) is 33.4 Å². The number of aromatic nitrogens is 2. The predicted octanol–water partition coefficient (Wildman–Crippen LogP) is 3.59. The van der Waals surface area contributed by atoms with Crippen molar-refractivity contribution in [3.05, 3.63) is 63.4 Å². The van der Waals surface area contributed by atoms with Gasteiger partial charge in [-0.2, -0.15) is 0 Å². The lowest BCUT2D eigenvalue weighted by atomic mass is 10.2. The van der Waals surface area contributed by atoms with Gasteiger partial charge in [0.1, 0.15) is 0 Å². The van der Waals surface area contributed by atoms with Crippen LogP contribution >= 0.6 is 23.4 Å². The zero-order valence-corrected chi connectivity index (χ0v) is 18.0. The average molecular weight is 432 g/mol. The van der Waals surface area contributed by atoms with E-state index in [9.17, 15) is 9.59 Å². The maximum Gasteiger partial charge on any atom is 0.266 e. The van der Waals surface area contributed by atoms with Gasteiger partial charge in [-0.1, -0.05) is 35.5 Å². The number of aryl methyl sites for hydroxylation is 1. The summed E-state index contributed by atoms with van der Waals surface area (Å²) in [5, 5.41) is 4.26. The van der Waals surface area contributed by atoms with Crippen molar-refractivity contribution in [2.75, 3.05) is 19.5 Å². The van der Waals surface area contributed by atoms with Crippen LogP contribution in [0.3, 0.4) is 0 Å². The maximum atomic E-state index is 13.2. The van der Waals surface area contributed by atoms with Gasteiger partial charge in [-0.25, -0.2) is 4.98 Å². The van der Waals surface area contributed by atoms with Gasteiger partial charge in [-0.05, 0) is 49.7 Å². The SMILES string of the molecule is COCC(C)NC(=O)CSc1nc2cc(Cl)ccc2c(=O)n1-c1cccc(C)c1. The van der Waals surface area contributed by atoms with Crippen LogP contribution in [0.4, 0.5) is 0 Å². The molecular formula is C21H22ClN3O3S. The molecule has 1 aromatic heterocycles. The summed E-state index contributed by atoms with van der Waals surface area (Å²) >= 11 is 7.29. The van der Waals surface area contributed by atoms with Gasteiger partial charge in [-0.3, -0.25) is 14.2 Å². The van der Waals surface area contributed by atoms with E-state index in [1.165, 1.54) is 11.8 Å². The normalized spacial score (nSPS) is 12.1. The number of carbonyl (C=O) groups excluding carboxylic acids is 1. The molecule has 1 N–H and O–H groups in total. The molecule has 0 aliphatic heterocycles. The van der Waals surface area contributed by atoms with E-state index in [1.54, 1.807) is 29.9 Å². The summed E-state index contributed by atoms with van der Waals surface area (Å²) in [6.07, 6.45) is 0. The van der Waals surface area contributed by atoms with Crippen molar-refractivity contribution in [1.29, 1.82) is 0 Å². The summed E-state index contributed by atoms with van der Waals surface area (Å²) in [6.45, 7) is 4.25. The zero-order valence-electron chi connectivity index (χ0n) is 16.4. The van der Waals surface area contributed by atoms with Crippen molar-refractivity contribution >= 4 is 40.2 Å². The van der Waals surface area contributed by atoms with E-state index in [-0.39, 0.29) is 23.3 Å². The third-order valence-electron chi connectivity index (χ3n) is 4.22. The Morgan fingerprint density at radius 2 is 2.10 bits per heavy atom. The van der Waals surface area contributed by atoms with Gasteiger partial charge in [0, 0.05) is 18.2 Å². The van der Waals surface area contributed by atoms with Crippen LogP contribution in [0.25, 0.3) is 16.6 Å². The number of fused-ring (bicyclic) bond motifs is 1. The van der Waals surface area contributed by atoms with Gasteiger partial charge in [0.2, 0.25) is 5.91 Å². The van der Waals surface area contributed by atoms with Crippen molar-refractivity contribution in [3.63, 3.8) is 0 Å². The van der Waals surface area contributed by atoms with E-state index in [4.69, 9.17) is 16.3 Å². The first-order chi connectivity index (χ1) is 13.9. The molecule has 1 amide bonds. The van der Waals surface area contributed by atoms with Gasteiger partial charge in [-0.15, -0.1) is 0 Å². The molecule has 0 bridgehead atoms. The molecule has 1 unspecified atom stereocenters. The molecule has 29 heavy (non-hydrogen) atoms. The monoisotopic (exact) mass is 431 g/mol. The largest absolute Gasteiger partial charge is 0.383 e. The van der Waals surface area contributed by atoms with Crippen LogP contribution in [0.5, 0.6) is 0 Å². The Morgan fingerprint density at radius 1 is 1.31 bits per heavy atom. The molecule has 3 rings (SSSR count). The topological polar surface area (TPSA) is 73.2 Å². The summed E-state index contributed by atoms with van der Waals surface area (Å²) in [6, 6.07) is 12.5. The number of rotatable bonds is 7. The van der Waals surface area contributed by atoms with Crippen LogP contribution in [-0.4, -0.2) is 41.0 Å². The lowest BCUT2D eigenvalue weighted by Crippen LogP contribution is -2.36. The number of amides is 1. The van der Waals surface area contributed by atoms with E-state index in [0.717, 1.165) is 5.56 Å². The van der Waals surface area contributed by atoms with Crippen LogP contribution in [0, 0.1) is 6.92 Å². The Hall–Kier alpha value is -2.35. The van der Waals surface area contributed by atoms with Crippen LogP contribution in [-0.2, 0) is 9.53 Å². The molecule has 8 heteroatoms. The minimum atomic E-state index is -0.201. The number of hydrogen-bond donors (Lipinski definition) is 1. The van der Waals surface area contributed by atoms with Crippen molar-refractivity contribution in [2.45, 2.75) is 25.0 Å². The van der Waals surface area contributed by atoms with Gasteiger partial charge in [0.25, 0.3) is 5.56 Å². The van der Waals surface area contributed by atoms with E-state index >= 15 is 0 Å². The Bertz CT molecular complexity index is 1100. The fraction of sp³-hybridized carbons (Fsp3) is 0.286. The molecule has 6 nitrogen and oxygen atoms in total. The highest BCUT2D eigenvalue weighted by Crippen LogP contribution is 2.23. The molecule has 0 aliphatic rings. The van der Waals surface area contributed by atoms with Gasteiger partial charge >= 0.3 is 0 Å². The van der Waals surface area contributed by atoms with Gasteiger partial charge in [0.15, 0.2) is 5.16 Å². The second kappa shape index (κ2) is 9.43. The van der Waals surface area contributed by atoms with Gasteiger partial charge < -0.3 is 10.1 Å². The summed E-state index contributed by atoms with van der Waals surface area (Å²) < 4.78 is 6.58. The number of hydrogen-bond acceptors (Lipinski definition) is 5. The molecule has 0 aliphatic carbocycles. The average Bonchev–Trinajstić information content (AvgIpc) is 2.66. The molecule has 0 saturated heterocycles. The standard InChI is InChI=1S/C21H22ClN3O3S/c1-13-5-4-6-16(9-13)25-20(27)17-8-7-15(22)10-18(17)24-21(25)29-12-19(26)23-14(2)11-28-3/h4-10,14H,11-12H2,1-3H3,(H,23,26).